The first kappa shape index (κ1) is 18.1. The van der Waals surface area contributed by atoms with E-state index < -0.39 is 0 Å². The van der Waals surface area contributed by atoms with Gasteiger partial charge >= 0.3 is 0 Å². The van der Waals surface area contributed by atoms with Crippen molar-refractivity contribution >= 4 is 22.8 Å². The SMILES string of the molecule is CCCN1CCN(C(=O)[C@@H]2CCCN(c3cnc4nccnc4c3)C2)CC1. The molecular formula is C20H28N6O. The molecule has 7 nitrogen and oxygen atoms in total. The fourth-order valence-corrected chi connectivity index (χ4v) is 4.20. The fourth-order valence-electron chi connectivity index (χ4n) is 4.20. The Morgan fingerprint density at radius 3 is 2.74 bits per heavy atom. The molecule has 0 radical (unpaired) electrons. The molecule has 2 aromatic heterocycles. The number of piperazine rings is 1. The summed E-state index contributed by atoms with van der Waals surface area (Å²) in [5.41, 5.74) is 2.50. The Bertz CT molecular complexity index is 789. The molecule has 2 aromatic rings. The van der Waals surface area contributed by atoms with Gasteiger partial charge in [0.25, 0.3) is 0 Å². The number of hydrogen-bond donors (Lipinski definition) is 0. The predicted molar refractivity (Wildman–Crippen MR) is 106 cm³/mol. The summed E-state index contributed by atoms with van der Waals surface area (Å²) in [5.74, 6) is 0.401. The normalized spacial score (nSPS) is 21.6. The van der Waals surface area contributed by atoms with Gasteiger partial charge in [0.1, 0.15) is 5.52 Å². The molecule has 1 atom stereocenters. The van der Waals surface area contributed by atoms with Gasteiger partial charge in [0.05, 0.1) is 17.8 Å². The highest BCUT2D eigenvalue weighted by molar-refractivity contribution is 5.80. The Hall–Kier alpha value is -2.28. The van der Waals surface area contributed by atoms with Crippen LogP contribution in [0.1, 0.15) is 26.2 Å². The zero-order valence-electron chi connectivity index (χ0n) is 16.0. The van der Waals surface area contributed by atoms with E-state index in [0.717, 1.165) is 69.9 Å². The molecule has 1 amide bonds. The van der Waals surface area contributed by atoms with Crippen LogP contribution in [0.25, 0.3) is 11.2 Å². The van der Waals surface area contributed by atoms with Crippen molar-refractivity contribution in [3.8, 4) is 0 Å². The van der Waals surface area contributed by atoms with E-state index in [1.54, 1.807) is 12.4 Å². The molecule has 0 aliphatic carbocycles. The van der Waals surface area contributed by atoms with Gasteiger partial charge in [-0.05, 0) is 31.9 Å². The van der Waals surface area contributed by atoms with Crippen molar-refractivity contribution in [3.05, 3.63) is 24.7 Å². The van der Waals surface area contributed by atoms with Gasteiger partial charge in [-0.2, -0.15) is 0 Å². The average molecular weight is 368 g/mol. The smallest absolute Gasteiger partial charge is 0.227 e. The molecule has 0 aromatic carbocycles. The molecule has 0 unspecified atom stereocenters. The van der Waals surface area contributed by atoms with E-state index in [1.807, 2.05) is 12.3 Å². The Morgan fingerprint density at radius 1 is 1.11 bits per heavy atom. The van der Waals surface area contributed by atoms with Gasteiger partial charge in [0, 0.05) is 51.7 Å². The quantitative estimate of drug-likeness (QED) is 0.820. The third-order valence-corrected chi connectivity index (χ3v) is 5.67. The van der Waals surface area contributed by atoms with Gasteiger partial charge < -0.3 is 9.80 Å². The van der Waals surface area contributed by atoms with E-state index in [0.29, 0.717) is 11.6 Å². The minimum atomic E-state index is 0.0778. The number of anilines is 1. The summed E-state index contributed by atoms with van der Waals surface area (Å²) in [6.07, 6.45) is 8.39. The number of nitrogens with zero attached hydrogens (tertiary/aromatic N) is 6. The second kappa shape index (κ2) is 8.17. The second-order valence-corrected chi connectivity index (χ2v) is 7.54. The van der Waals surface area contributed by atoms with Crippen molar-refractivity contribution in [2.24, 2.45) is 5.92 Å². The van der Waals surface area contributed by atoms with Crippen LogP contribution in [0.2, 0.25) is 0 Å². The van der Waals surface area contributed by atoms with Gasteiger partial charge in [-0.1, -0.05) is 6.92 Å². The third kappa shape index (κ3) is 4.03. The van der Waals surface area contributed by atoms with Crippen molar-refractivity contribution in [1.82, 2.24) is 24.8 Å². The first-order chi connectivity index (χ1) is 13.2. The van der Waals surface area contributed by atoms with E-state index in [1.165, 1.54) is 6.42 Å². The largest absolute Gasteiger partial charge is 0.369 e. The molecule has 144 valence electrons. The Morgan fingerprint density at radius 2 is 1.93 bits per heavy atom. The Labute approximate surface area is 160 Å². The van der Waals surface area contributed by atoms with Crippen molar-refractivity contribution in [2.45, 2.75) is 26.2 Å². The summed E-state index contributed by atoms with van der Waals surface area (Å²) in [5, 5.41) is 0. The number of amides is 1. The lowest BCUT2D eigenvalue weighted by molar-refractivity contribution is -0.137. The van der Waals surface area contributed by atoms with E-state index in [-0.39, 0.29) is 5.92 Å². The minimum absolute atomic E-state index is 0.0778. The topological polar surface area (TPSA) is 65.5 Å². The molecule has 2 aliphatic heterocycles. The van der Waals surface area contributed by atoms with Crippen LogP contribution in [0, 0.1) is 5.92 Å². The van der Waals surface area contributed by atoms with Crippen molar-refractivity contribution in [2.75, 3.05) is 50.7 Å². The summed E-state index contributed by atoms with van der Waals surface area (Å²) >= 11 is 0. The molecule has 4 rings (SSSR count). The summed E-state index contributed by atoms with van der Waals surface area (Å²) in [6.45, 7) is 8.80. The summed E-state index contributed by atoms with van der Waals surface area (Å²) < 4.78 is 0. The number of piperidine rings is 1. The number of fused-ring (bicyclic) bond motifs is 1. The maximum absolute atomic E-state index is 13.0. The van der Waals surface area contributed by atoms with Gasteiger partial charge in [0.2, 0.25) is 5.91 Å². The Balaban J connectivity index is 1.40. The first-order valence-electron chi connectivity index (χ1n) is 10.1. The van der Waals surface area contributed by atoms with Gasteiger partial charge in [-0.15, -0.1) is 0 Å². The molecule has 0 N–H and O–H groups in total. The monoisotopic (exact) mass is 368 g/mol. The van der Waals surface area contributed by atoms with Gasteiger partial charge in [-0.3, -0.25) is 14.7 Å². The summed E-state index contributed by atoms with van der Waals surface area (Å²) in [4.78, 5) is 32.9. The highest BCUT2D eigenvalue weighted by atomic mass is 16.2. The molecular weight excluding hydrogens is 340 g/mol. The van der Waals surface area contributed by atoms with E-state index >= 15 is 0 Å². The number of hydrogen-bond acceptors (Lipinski definition) is 6. The third-order valence-electron chi connectivity index (χ3n) is 5.67. The van der Waals surface area contributed by atoms with E-state index in [2.05, 4.69) is 36.6 Å². The maximum Gasteiger partial charge on any atom is 0.227 e. The number of carbonyl (C=O) groups is 1. The van der Waals surface area contributed by atoms with Crippen molar-refractivity contribution in [1.29, 1.82) is 0 Å². The van der Waals surface area contributed by atoms with Crippen LogP contribution in [0.15, 0.2) is 24.7 Å². The van der Waals surface area contributed by atoms with Crippen LogP contribution in [-0.2, 0) is 4.79 Å². The van der Waals surface area contributed by atoms with Crippen LogP contribution in [0.5, 0.6) is 0 Å². The molecule has 0 bridgehead atoms. The zero-order valence-corrected chi connectivity index (χ0v) is 16.0. The molecule has 0 spiro atoms. The Kier molecular flexibility index (Phi) is 5.48. The van der Waals surface area contributed by atoms with Crippen LogP contribution >= 0.6 is 0 Å². The van der Waals surface area contributed by atoms with Crippen molar-refractivity contribution in [3.63, 3.8) is 0 Å². The van der Waals surface area contributed by atoms with Crippen molar-refractivity contribution < 1.29 is 4.79 Å². The molecule has 2 fully saturated rings. The zero-order chi connectivity index (χ0) is 18.6. The highest BCUT2D eigenvalue weighted by Crippen LogP contribution is 2.25. The first-order valence-corrected chi connectivity index (χ1v) is 10.1. The average Bonchev–Trinajstić information content (AvgIpc) is 2.74. The van der Waals surface area contributed by atoms with Gasteiger partial charge in [0.15, 0.2) is 5.65 Å². The molecule has 7 heteroatoms. The second-order valence-electron chi connectivity index (χ2n) is 7.54. The van der Waals surface area contributed by atoms with Crippen LogP contribution in [0.4, 0.5) is 5.69 Å². The lowest BCUT2D eigenvalue weighted by Crippen LogP contribution is -2.52. The number of aromatic nitrogens is 3. The molecule has 2 aliphatic rings. The number of pyridine rings is 1. The van der Waals surface area contributed by atoms with Gasteiger partial charge in [-0.25, -0.2) is 9.97 Å². The summed E-state index contributed by atoms with van der Waals surface area (Å²) in [7, 11) is 0. The lowest BCUT2D eigenvalue weighted by atomic mass is 9.95. The van der Waals surface area contributed by atoms with E-state index in [9.17, 15) is 4.79 Å². The number of carbonyl (C=O) groups excluding carboxylic acids is 1. The predicted octanol–water partition coefficient (Wildman–Crippen LogP) is 1.80. The standard InChI is InChI=1S/C20H28N6O/c1-2-7-24-9-11-25(12-10-24)20(27)16-4-3-8-26(15-16)17-13-18-19(23-14-17)22-6-5-21-18/h5-6,13-14,16H,2-4,7-12,15H2,1H3/t16-/m1/s1. The molecule has 2 saturated heterocycles. The van der Waals surface area contributed by atoms with Crippen LogP contribution < -0.4 is 4.90 Å². The number of rotatable bonds is 4. The molecule has 27 heavy (non-hydrogen) atoms. The maximum atomic E-state index is 13.0. The van der Waals surface area contributed by atoms with Crippen LogP contribution in [0.3, 0.4) is 0 Å². The summed E-state index contributed by atoms with van der Waals surface area (Å²) in [6, 6.07) is 2.03. The fraction of sp³-hybridized carbons (Fsp3) is 0.600. The molecule has 0 saturated carbocycles. The van der Waals surface area contributed by atoms with Crippen LogP contribution in [-0.4, -0.2) is 76.5 Å². The minimum Gasteiger partial charge on any atom is -0.369 e. The highest BCUT2D eigenvalue weighted by Gasteiger charge is 2.31. The lowest BCUT2D eigenvalue weighted by Gasteiger charge is -2.39. The van der Waals surface area contributed by atoms with E-state index in [4.69, 9.17) is 0 Å². The molecule has 4 heterocycles.